The molecule has 0 saturated carbocycles. The number of nitrogens with zero attached hydrogens (tertiary/aromatic N) is 4. The summed E-state index contributed by atoms with van der Waals surface area (Å²) in [5.74, 6) is -3.17. The molecule has 0 aliphatic carbocycles. The summed E-state index contributed by atoms with van der Waals surface area (Å²) in [6.45, 7) is 2.60. The highest BCUT2D eigenvalue weighted by molar-refractivity contribution is 9.10. The Hall–Kier alpha value is -3.40. The Balaban J connectivity index is 1.51. The number of hydrogen-bond acceptors (Lipinski definition) is 6. The van der Waals surface area contributed by atoms with Crippen LogP contribution in [0.3, 0.4) is 0 Å². The van der Waals surface area contributed by atoms with E-state index in [-0.39, 0.29) is 34.0 Å². The van der Waals surface area contributed by atoms with Crippen LogP contribution in [0.1, 0.15) is 45.3 Å². The molecule has 182 valence electrons. The number of hydrogen-bond donors (Lipinski definition) is 1. The fourth-order valence-electron chi connectivity index (χ4n) is 4.07. The van der Waals surface area contributed by atoms with Crippen LogP contribution in [-0.4, -0.2) is 52.7 Å². The fraction of sp³-hybridized carbons (Fsp3) is 0.280. The molecule has 1 aliphatic heterocycles. The van der Waals surface area contributed by atoms with Crippen molar-refractivity contribution in [1.82, 2.24) is 14.9 Å². The Morgan fingerprint density at radius 2 is 1.80 bits per heavy atom. The van der Waals surface area contributed by atoms with E-state index in [9.17, 15) is 18.4 Å². The predicted octanol–water partition coefficient (Wildman–Crippen LogP) is 4.52. The summed E-state index contributed by atoms with van der Waals surface area (Å²) in [4.78, 5) is 38.2. The van der Waals surface area contributed by atoms with E-state index in [1.165, 1.54) is 24.4 Å². The molecule has 0 spiro atoms. The van der Waals surface area contributed by atoms with Crippen LogP contribution < -0.4 is 10.6 Å². The highest BCUT2D eigenvalue weighted by atomic mass is 79.9. The van der Waals surface area contributed by atoms with Crippen LogP contribution in [0.5, 0.6) is 0 Å². The second-order valence-corrected chi connectivity index (χ2v) is 9.28. The lowest BCUT2D eigenvalue weighted by Crippen LogP contribution is -2.36. The molecule has 1 aliphatic rings. The number of amides is 1. The molecule has 0 atom stereocenters. The molecule has 2 aromatic heterocycles. The molecule has 7 nitrogen and oxygen atoms in total. The van der Waals surface area contributed by atoms with E-state index in [4.69, 9.17) is 5.73 Å². The standard InChI is InChI=1S/C25H24BrF2N5O2/c1-25(27,28)19-7-3-2-6-17(19)24(35)33-11-5-10-32(12-13-33)21-9-4-8-20(31-21)22(34)18-14-16(26)15-30-23(18)29/h2-4,6-9,14-15H,5,10-13H2,1H3,(H2,29,30). The van der Waals surface area contributed by atoms with Crippen molar-refractivity contribution in [3.63, 3.8) is 0 Å². The number of ketones is 1. The van der Waals surface area contributed by atoms with Gasteiger partial charge in [0.1, 0.15) is 17.3 Å². The molecule has 0 bridgehead atoms. The summed E-state index contributed by atoms with van der Waals surface area (Å²) >= 11 is 3.30. The van der Waals surface area contributed by atoms with Gasteiger partial charge in [-0.2, -0.15) is 0 Å². The number of carbonyl (C=O) groups is 2. The fourth-order valence-corrected chi connectivity index (χ4v) is 4.40. The van der Waals surface area contributed by atoms with Gasteiger partial charge in [0, 0.05) is 54.9 Å². The molecular formula is C25H24BrF2N5O2. The van der Waals surface area contributed by atoms with Crippen molar-refractivity contribution in [1.29, 1.82) is 0 Å². The van der Waals surface area contributed by atoms with Crippen molar-refractivity contribution < 1.29 is 18.4 Å². The van der Waals surface area contributed by atoms with Gasteiger partial charge in [0.2, 0.25) is 5.78 Å². The summed E-state index contributed by atoms with van der Waals surface area (Å²) in [6.07, 6.45) is 2.14. The Morgan fingerprint density at radius 3 is 2.57 bits per heavy atom. The third-order valence-corrected chi connectivity index (χ3v) is 6.27. The van der Waals surface area contributed by atoms with Gasteiger partial charge in [-0.25, -0.2) is 18.7 Å². The number of benzene rings is 1. The average molecular weight is 544 g/mol. The normalized spacial score (nSPS) is 14.5. The minimum absolute atomic E-state index is 0.0133. The number of carbonyl (C=O) groups excluding carboxylic acids is 2. The molecule has 2 N–H and O–H groups in total. The molecular weight excluding hydrogens is 520 g/mol. The lowest BCUT2D eigenvalue weighted by atomic mass is 10.0. The number of nitrogen functional groups attached to an aromatic ring is 1. The third-order valence-electron chi connectivity index (χ3n) is 5.83. The first-order valence-electron chi connectivity index (χ1n) is 11.1. The van der Waals surface area contributed by atoms with Gasteiger partial charge in [0.05, 0.1) is 5.56 Å². The third kappa shape index (κ3) is 5.48. The molecule has 3 heterocycles. The predicted molar refractivity (Wildman–Crippen MR) is 133 cm³/mol. The summed E-state index contributed by atoms with van der Waals surface area (Å²) in [5.41, 5.74) is 6.10. The molecule has 0 radical (unpaired) electrons. The van der Waals surface area contributed by atoms with Gasteiger partial charge >= 0.3 is 0 Å². The lowest BCUT2D eigenvalue weighted by molar-refractivity contribution is 0.0158. The van der Waals surface area contributed by atoms with Crippen LogP contribution in [0, 0.1) is 0 Å². The Morgan fingerprint density at radius 1 is 1.03 bits per heavy atom. The molecule has 1 fully saturated rings. The molecule has 1 amide bonds. The number of rotatable bonds is 5. The quantitative estimate of drug-likeness (QED) is 0.475. The van der Waals surface area contributed by atoms with E-state index in [1.807, 2.05) is 4.90 Å². The van der Waals surface area contributed by atoms with Crippen molar-refractivity contribution in [2.24, 2.45) is 0 Å². The monoisotopic (exact) mass is 543 g/mol. The maximum absolute atomic E-state index is 14.0. The molecule has 4 rings (SSSR count). The largest absolute Gasteiger partial charge is 0.383 e. The zero-order valence-corrected chi connectivity index (χ0v) is 20.6. The first-order valence-corrected chi connectivity index (χ1v) is 11.9. The summed E-state index contributed by atoms with van der Waals surface area (Å²) in [5, 5.41) is 0. The Kier molecular flexibility index (Phi) is 7.11. The second-order valence-electron chi connectivity index (χ2n) is 8.36. The highest BCUT2D eigenvalue weighted by Gasteiger charge is 2.31. The second kappa shape index (κ2) is 10.1. The van der Waals surface area contributed by atoms with Crippen molar-refractivity contribution in [3.8, 4) is 0 Å². The first kappa shape index (κ1) is 24.7. The van der Waals surface area contributed by atoms with Crippen LogP contribution in [-0.2, 0) is 5.92 Å². The van der Waals surface area contributed by atoms with Crippen LogP contribution in [0.2, 0.25) is 0 Å². The van der Waals surface area contributed by atoms with Gasteiger partial charge < -0.3 is 15.5 Å². The van der Waals surface area contributed by atoms with Crippen molar-refractivity contribution in [3.05, 3.63) is 81.6 Å². The van der Waals surface area contributed by atoms with E-state index in [0.29, 0.717) is 42.9 Å². The average Bonchev–Trinajstić information content (AvgIpc) is 3.11. The zero-order valence-electron chi connectivity index (χ0n) is 19.0. The summed E-state index contributed by atoms with van der Waals surface area (Å²) < 4.78 is 28.7. The van der Waals surface area contributed by atoms with Gasteiger partial charge in [-0.3, -0.25) is 9.59 Å². The number of anilines is 2. The summed E-state index contributed by atoms with van der Waals surface area (Å²) in [6, 6.07) is 12.6. The van der Waals surface area contributed by atoms with E-state index in [0.717, 1.165) is 6.92 Å². The minimum Gasteiger partial charge on any atom is -0.383 e. The Bertz CT molecular complexity index is 1260. The SMILES string of the molecule is CC(F)(F)c1ccccc1C(=O)N1CCCN(c2cccc(C(=O)c3cc(Br)cnc3N)n2)CC1. The number of halogens is 3. The lowest BCUT2D eigenvalue weighted by Gasteiger charge is -2.24. The van der Waals surface area contributed by atoms with Gasteiger partial charge in [-0.15, -0.1) is 0 Å². The van der Waals surface area contributed by atoms with Gasteiger partial charge in [0.15, 0.2) is 0 Å². The summed E-state index contributed by atoms with van der Waals surface area (Å²) in [7, 11) is 0. The van der Waals surface area contributed by atoms with Gasteiger partial charge in [-0.05, 0) is 46.6 Å². The van der Waals surface area contributed by atoms with E-state index in [1.54, 1.807) is 35.2 Å². The van der Waals surface area contributed by atoms with Crippen LogP contribution in [0.25, 0.3) is 0 Å². The van der Waals surface area contributed by atoms with Gasteiger partial charge in [0.25, 0.3) is 11.8 Å². The van der Waals surface area contributed by atoms with E-state index in [2.05, 4.69) is 25.9 Å². The molecule has 10 heteroatoms. The molecule has 3 aromatic rings. The van der Waals surface area contributed by atoms with Crippen LogP contribution in [0.15, 0.2) is 59.2 Å². The maximum atomic E-state index is 14.0. The van der Waals surface area contributed by atoms with Crippen molar-refractivity contribution in [2.75, 3.05) is 36.8 Å². The molecule has 0 unspecified atom stereocenters. The Labute approximate surface area is 210 Å². The molecule has 1 saturated heterocycles. The van der Waals surface area contributed by atoms with Crippen LogP contribution >= 0.6 is 15.9 Å². The highest BCUT2D eigenvalue weighted by Crippen LogP contribution is 2.30. The van der Waals surface area contributed by atoms with Crippen molar-refractivity contribution >= 4 is 39.3 Å². The minimum atomic E-state index is -3.12. The smallest absolute Gasteiger partial charge is 0.271 e. The van der Waals surface area contributed by atoms with Crippen molar-refractivity contribution in [2.45, 2.75) is 19.3 Å². The molecule has 35 heavy (non-hydrogen) atoms. The van der Waals surface area contributed by atoms with Crippen LogP contribution in [0.4, 0.5) is 20.4 Å². The number of aromatic nitrogens is 2. The van der Waals surface area contributed by atoms with E-state index < -0.39 is 11.8 Å². The maximum Gasteiger partial charge on any atom is 0.271 e. The van der Waals surface area contributed by atoms with Gasteiger partial charge in [-0.1, -0.05) is 24.3 Å². The zero-order chi connectivity index (χ0) is 25.2. The number of alkyl halides is 2. The first-order chi connectivity index (χ1) is 16.6. The number of pyridine rings is 2. The molecule has 1 aromatic carbocycles. The number of nitrogens with two attached hydrogens (primary N) is 1. The van der Waals surface area contributed by atoms with E-state index >= 15 is 0 Å². The topological polar surface area (TPSA) is 92.4 Å².